The van der Waals surface area contributed by atoms with Crippen LogP contribution in [-0.4, -0.2) is 20.3 Å². The molecule has 1 unspecified atom stereocenters. The second kappa shape index (κ2) is 4.73. The minimum Gasteiger partial charge on any atom is -0.391 e. The Labute approximate surface area is 125 Å². The number of aliphatic hydroxyl groups excluding tert-OH is 1. The predicted molar refractivity (Wildman–Crippen MR) is 81.0 cm³/mol. The van der Waals surface area contributed by atoms with Gasteiger partial charge < -0.3 is 5.11 Å². The molecule has 4 saturated carbocycles. The minimum absolute atomic E-state index is 0.0151. The lowest BCUT2D eigenvalue weighted by molar-refractivity contribution is -0.124. The molecule has 0 aromatic carbocycles. The molecular weight excluding hydrogens is 264 g/mol. The summed E-state index contributed by atoms with van der Waals surface area (Å²) in [6.07, 6.45) is 11.0. The van der Waals surface area contributed by atoms with Crippen LogP contribution >= 0.6 is 0 Å². The van der Waals surface area contributed by atoms with Crippen molar-refractivity contribution in [3.63, 3.8) is 0 Å². The Balaban J connectivity index is 1.56. The van der Waals surface area contributed by atoms with Crippen molar-refractivity contribution in [1.82, 2.24) is 9.13 Å². The Morgan fingerprint density at radius 3 is 2.14 bits per heavy atom. The first-order valence-electron chi connectivity index (χ1n) is 8.53. The highest BCUT2D eigenvalue weighted by atomic mass is 16.3. The van der Waals surface area contributed by atoms with E-state index in [2.05, 4.69) is 0 Å². The first kappa shape index (κ1) is 13.6. The number of aliphatic hydroxyl groups is 1. The summed E-state index contributed by atoms with van der Waals surface area (Å²) in [4.78, 5) is 12.2. The maximum absolute atomic E-state index is 12.2. The van der Waals surface area contributed by atoms with Crippen LogP contribution in [0.2, 0.25) is 0 Å². The predicted octanol–water partition coefficient (Wildman–Crippen LogP) is 2.25. The van der Waals surface area contributed by atoms with Gasteiger partial charge in [-0.05, 0) is 68.6 Å². The molecule has 4 heteroatoms. The van der Waals surface area contributed by atoms with Crippen molar-refractivity contribution in [3.05, 3.63) is 22.9 Å². The zero-order valence-electron chi connectivity index (χ0n) is 12.9. The molecule has 0 amide bonds. The number of nitrogens with zero attached hydrogens (tertiary/aromatic N) is 2. The molecule has 4 fully saturated rings. The SMILES string of the molecule is CCn1ccn(CC(O)C23CC4CC(CC(C4)C2)C3)c1=O. The van der Waals surface area contributed by atoms with Crippen LogP contribution in [0.25, 0.3) is 0 Å². The van der Waals surface area contributed by atoms with Gasteiger partial charge >= 0.3 is 5.69 Å². The first-order valence-corrected chi connectivity index (χ1v) is 8.53. The van der Waals surface area contributed by atoms with Crippen LogP contribution in [0.4, 0.5) is 0 Å². The van der Waals surface area contributed by atoms with Crippen LogP contribution in [0.1, 0.15) is 45.4 Å². The number of imidazole rings is 1. The number of aryl methyl sites for hydroxylation is 1. The van der Waals surface area contributed by atoms with Crippen LogP contribution in [0.3, 0.4) is 0 Å². The Morgan fingerprint density at radius 2 is 1.67 bits per heavy atom. The first-order chi connectivity index (χ1) is 10.1. The summed E-state index contributed by atoms with van der Waals surface area (Å²) in [7, 11) is 0. The molecule has 116 valence electrons. The van der Waals surface area contributed by atoms with Crippen molar-refractivity contribution in [2.75, 3.05) is 0 Å². The van der Waals surface area contributed by atoms with Gasteiger partial charge in [0.15, 0.2) is 0 Å². The zero-order valence-corrected chi connectivity index (χ0v) is 12.9. The third-order valence-corrected chi connectivity index (χ3v) is 6.42. The number of hydrogen-bond donors (Lipinski definition) is 1. The van der Waals surface area contributed by atoms with Crippen molar-refractivity contribution in [3.8, 4) is 0 Å². The van der Waals surface area contributed by atoms with Gasteiger partial charge in [-0.3, -0.25) is 9.13 Å². The number of aromatic nitrogens is 2. The van der Waals surface area contributed by atoms with Gasteiger partial charge in [0.05, 0.1) is 12.6 Å². The molecule has 21 heavy (non-hydrogen) atoms. The van der Waals surface area contributed by atoms with Gasteiger partial charge in [-0.2, -0.15) is 0 Å². The van der Waals surface area contributed by atoms with E-state index in [-0.39, 0.29) is 17.2 Å². The molecule has 4 nitrogen and oxygen atoms in total. The van der Waals surface area contributed by atoms with Gasteiger partial charge in [-0.15, -0.1) is 0 Å². The second-order valence-electron chi connectivity index (χ2n) is 7.81. The number of hydrogen-bond acceptors (Lipinski definition) is 2. The molecule has 4 aliphatic rings. The van der Waals surface area contributed by atoms with Crippen LogP contribution < -0.4 is 5.69 Å². The Bertz CT molecular complexity index is 551. The molecule has 4 aliphatic carbocycles. The molecule has 0 aliphatic heterocycles. The fraction of sp³-hybridized carbons (Fsp3) is 0.824. The van der Waals surface area contributed by atoms with E-state index < -0.39 is 0 Å². The van der Waals surface area contributed by atoms with Gasteiger partial charge in [-0.25, -0.2) is 4.79 Å². The maximum Gasteiger partial charge on any atom is 0.328 e. The summed E-state index contributed by atoms with van der Waals surface area (Å²) in [5, 5.41) is 10.9. The average molecular weight is 290 g/mol. The van der Waals surface area contributed by atoms with E-state index in [1.807, 2.05) is 19.3 Å². The van der Waals surface area contributed by atoms with Crippen molar-refractivity contribution in [1.29, 1.82) is 0 Å². The summed E-state index contributed by atoms with van der Waals surface area (Å²) < 4.78 is 3.40. The van der Waals surface area contributed by atoms with Crippen LogP contribution in [-0.2, 0) is 13.1 Å². The molecular formula is C17H26N2O2. The Hall–Kier alpha value is -1.03. The summed E-state index contributed by atoms with van der Waals surface area (Å²) >= 11 is 0. The van der Waals surface area contributed by atoms with Crippen molar-refractivity contribution < 1.29 is 5.11 Å². The third-order valence-electron chi connectivity index (χ3n) is 6.42. The Kier molecular flexibility index (Phi) is 3.07. The van der Waals surface area contributed by atoms with Gasteiger partial charge in [0, 0.05) is 18.9 Å². The van der Waals surface area contributed by atoms with Crippen molar-refractivity contribution in [2.45, 2.75) is 64.6 Å². The molecule has 0 radical (unpaired) electrons. The smallest absolute Gasteiger partial charge is 0.328 e. The minimum atomic E-state index is -0.365. The fourth-order valence-corrected chi connectivity index (χ4v) is 5.80. The van der Waals surface area contributed by atoms with E-state index in [4.69, 9.17) is 0 Å². The lowest BCUT2D eigenvalue weighted by Gasteiger charge is -2.58. The highest BCUT2D eigenvalue weighted by Crippen LogP contribution is 2.61. The summed E-state index contributed by atoms with van der Waals surface area (Å²) in [6, 6.07) is 0. The van der Waals surface area contributed by atoms with Crippen LogP contribution in [0.5, 0.6) is 0 Å². The third kappa shape index (κ3) is 2.10. The molecule has 1 aromatic rings. The molecule has 1 N–H and O–H groups in total. The van der Waals surface area contributed by atoms with Gasteiger partial charge in [0.25, 0.3) is 0 Å². The van der Waals surface area contributed by atoms with Gasteiger partial charge in [0.1, 0.15) is 0 Å². The monoisotopic (exact) mass is 290 g/mol. The molecule has 1 atom stereocenters. The van der Waals surface area contributed by atoms with Crippen LogP contribution in [0.15, 0.2) is 17.2 Å². The van der Waals surface area contributed by atoms with E-state index >= 15 is 0 Å². The van der Waals surface area contributed by atoms with E-state index in [0.717, 1.165) is 17.8 Å². The molecule has 0 saturated heterocycles. The second-order valence-corrected chi connectivity index (χ2v) is 7.81. The summed E-state index contributed by atoms with van der Waals surface area (Å²) in [5.74, 6) is 2.51. The lowest BCUT2D eigenvalue weighted by Crippen LogP contribution is -2.53. The largest absolute Gasteiger partial charge is 0.391 e. The van der Waals surface area contributed by atoms with Gasteiger partial charge in [-0.1, -0.05) is 0 Å². The quantitative estimate of drug-likeness (QED) is 0.924. The van der Waals surface area contributed by atoms with E-state index in [0.29, 0.717) is 13.1 Å². The van der Waals surface area contributed by atoms with E-state index in [1.54, 1.807) is 9.13 Å². The van der Waals surface area contributed by atoms with Crippen molar-refractivity contribution >= 4 is 0 Å². The normalized spacial score (nSPS) is 38.9. The van der Waals surface area contributed by atoms with Crippen LogP contribution in [0, 0.1) is 23.2 Å². The van der Waals surface area contributed by atoms with Crippen molar-refractivity contribution in [2.24, 2.45) is 23.2 Å². The van der Waals surface area contributed by atoms with E-state index in [1.165, 1.54) is 38.5 Å². The van der Waals surface area contributed by atoms with E-state index in [9.17, 15) is 9.90 Å². The lowest BCUT2D eigenvalue weighted by atomic mass is 9.48. The zero-order chi connectivity index (χ0) is 14.6. The molecule has 0 spiro atoms. The molecule has 4 bridgehead atoms. The van der Waals surface area contributed by atoms with Gasteiger partial charge in [0.2, 0.25) is 0 Å². The highest BCUT2D eigenvalue weighted by Gasteiger charge is 2.53. The number of rotatable bonds is 4. The summed E-state index contributed by atoms with van der Waals surface area (Å²) in [5.41, 5.74) is 0.115. The highest BCUT2D eigenvalue weighted by molar-refractivity contribution is 5.04. The Morgan fingerprint density at radius 1 is 1.14 bits per heavy atom. The standard InChI is InChI=1S/C17H26N2O2/c1-2-18-3-4-19(16(18)21)11-15(20)17-8-12-5-13(9-17)7-14(6-12)10-17/h3-4,12-15,20H,2,5-11H2,1H3. The molecule has 1 heterocycles. The molecule has 1 aromatic heterocycles. The maximum atomic E-state index is 12.2. The topological polar surface area (TPSA) is 47.2 Å². The average Bonchev–Trinajstić information content (AvgIpc) is 2.78. The summed E-state index contributed by atoms with van der Waals surface area (Å²) in [6.45, 7) is 3.14. The fourth-order valence-electron chi connectivity index (χ4n) is 5.80. The molecule has 5 rings (SSSR count).